The molecule has 0 bridgehead atoms. The Bertz CT molecular complexity index is 578. The van der Waals surface area contributed by atoms with Crippen LogP contribution >= 0.6 is 11.6 Å². The second kappa shape index (κ2) is 5.34. The van der Waals surface area contributed by atoms with Crippen molar-refractivity contribution in [2.75, 3.05) is 11.3 Å². The van der Waals surface area contributed by atoms with Crippen molar-refractivity contribution in [2.45, 2.75) is 6.54 Å². The predicted molar refractivity (Wildman–Crippen MR) is 66.9 cm³/mol. The molecule has 1 N–H and O–H groups in total. The largest absolute Gasteiger partial charge is 0.228 e. The lowest BCUT2D eigenvalue weighted by atomic mass is 10.2. The van der Waals surface area contributed by atoms with E-state index in [2.05, 4.69) is 4.72 Å². The molecule has 0 atom stereocenters. The molecule has 0 aliphatic heterocycles. The van der Waals surface area contributed by atoms with Gasteiger partial charge in [-0.3, -0.25) is 0 Å². The van der Waals surface area contributed by atoms with E-state index >= 15 is 0 Å². The summed E-state index contributed by atoms with van der Waals surface area (Å²) in [7, 11) is -7.38. The minimum absolute atomic E-state index is 0.0367. The van der Waals surface area contributed by atoms with Gasteiger partial charge in [0.2, 0.25) is 10.0 Å². The Kier molecular flexibility index (Phi) is 4.54. The van der Waals surface area contributed by atoms with E-state index < -0.39 is 24.9 Å². The van der Waals surface area contributed by atoms with E-state index in [-0.39, 0.29) is 6.54 Å². The van der Waals surface area contributed by atoms with Crippen molar-refractivity contribution in [1.82, 2.24) is 4.72 Å². The molecule has 1 aromatic rings. The zero-order valence-corrected chi connectivity index (χ0v) is 11.4. The maximum Gasteiger partial charge on any atom is 0.226 e. The van der Waals surface area contributed by atoms with E-state index in [0.29, 0.717) is 10.6 Å². The Labute approximate surface area is 106 Å². The van der Waals surface area contributed by atoms with Crippen LogP contribution < -0.4 is 4.72 Å². The van der Waals surface area contributed by atoms with Crippen LogP contribution in [0.2, 0.25) is 5.02 Å². The molecule has 0 spiro atoms. The summed E-state index contributed by atoms with van der Waals surface area (Å²) in [6, 6.07) is 6.57. The number of benzene rings is 1. The van der Waals surface area contributed by atoms with Gasteiger partial charge in [0.05, 0.1) is 0 Å². The van der Waals surface area contributed by atoms with E-state index in [1.54, 1.807) is 24.3 Å². The van der Waals surface area contributed by atoms with Gasteiger partial charge in [0.1, 0.15) is 0 Å². The van der Waals surface area contributed by atoms with E-state index in [1.807, 2.05) is 0 Å². The smallest absolute Gasteiger partial charge is 0.226 e. The second-order valence-corrected chi connectivity index (χ2v) is 8.35. The number of halogens is 1. The Morgan fingerprint density at radius 2 is 1.65 bits per heavy atom. The molecule has 0 amide bonds. The molecule has 0 heterocycles. The molecule has 1 rings (SSSR count). The summed E-state index contributed by atoms with van der Waals surface area (Å²) in [5.41, 5.74) is 0.700. The first-order chi connectivity index (χ1) is 7.68. The third-order valence-corrected chi connectivity index (χ3v) is 5.57. The molecule has 17 heavy (non-hydrogen) atoms. The van der Waals surface area contributed by atoms with Crippen molar-refractivity contribution in [3.05, 3.63) is 34.9 Å². The fourth-order valence-electron chi connectivity index (χ4n) is 1.12. The van der Waals surface area contributed by atoms with E-state index in [4.69, 9.17) is 11.6 Å². The van der Waals surface area contributed by atoms with Gasteiger partial charge in [-0.25, -0.2) is 21.6 Å². The first-order valence-corrected chi connectivity index (χ1v) is 8.66. The van der Waals surface area contributed by atoms with Gasteiger partial charge >= 0.3 is 0 Å². The number of sulfone groups is 1. The number of nitrogens with one attached hydrogen (secondary N) is 1. The molecule has 96 valence electrons. The van der Waals surface area contributed by atoms with Crippen molar-refractivity contribution in [3.63, 3.8) is 0 Å². The zero-order chi connectivity index (χ0) is 13.1. The highest BCUT2D eigenvalue weighted by Crippen LogP contribution is 2.09. The number of sulfonamides is 1. The van der Waals surface area contributed by atoms with Gasteiger partial charge in [-0.05, 0) is 17.7 Å². The van der Waals surface area contributed by atoms with Gasteiger partial charge in [0.15, 0.2) is 14.9 Å². The average Bonchev–Trinajstić information content (AvgIpc) is 2.13. The Morgan fingerprint density at radius 1 is 1.12 bits per heavy atom. The van der Waals surface area contributed by atoms with Crippen LogP contribution in [0.3, 0.4) is 0 Å². The minimum atomic E-state index is -3.82. The molecule has 8 heteroatoms. The Balaban J connectivity index is 2.65. The molecule has 0 radical (unpaired) electrons. The van der Waals surface area contributed by atoms with Crippen LogP contribution in [-0.4, -0.2) is 28.2 Å². The Hall–Kier alpha value is -0.630. The van der Waals surface area contributed by atoms with Crippen LogP contribution in [0.1, 0.15) is 5.56 Å². The zero-order valence-electron chi connectivity index (χ0n) is 9.05. The van der Waals surface area contributed by atoms with Gasteiger partial charge in [0, 0.05) is 17.8 Å². The lowest BCUT2D eigenvalue weighted by Gasteiger charge is -2.05. The van der Waals surface area contributed by atoms with Crippen LogP contribution in [0.25, 0.3) is 0 Å². The highest BCUT2D eigenvalue weighted by molar-refractivity contribution is 8.06. The van der Waals surface area contributed by atoms with Crippen molar-refractivity contribution < 1.29 is 16.8 Å². The van der Waals surface area contributed by atoms with Crippen molar-refractivity contribution >= 4 is 31.5 Å². The van der Waals surface area contributed by atoms with Crippen LogP contribution in [0.4, 0.5) is 0 Å². The van der Waals surface area contributed by atoms with Gasteiger partial charge in [-0.15, -0.1) is 0 Å². The maximum absolute atomic E-state index is 11.4. The van der Waals surface area contributed by atoms with E-state index in [1.165, 1.54) is 0 Å². The van der Waals surface area contributed by atoms with Crippen molar-refractivity contribution in [3.8, 4) is 0 Å². The summed E-state index contributed by atoms with van der Waals surface area (Å²) in [4.78, 5) is 0. The third-order valence-electron chi connectivity index (χ3n) is 1.78. The summed E-state index contributed by atoms with van der Waals surface area (Å²) >= 11 is 5.67. The average molecular weight is 298 g/mol. The van der Waals surface area contributed by atoms with Crippen LogP contribution in [0.15, 0.2) is 24.3 Å². The monoisotopic (exact) mass is 297 g/mol. The molecule has 0 aliphatic rings. The van der Waals surface area contributed by atoms with Gasteiger partial charge in [-0.1, -0.05) is 23.7 Å². The van der Waals surface area contributed by atoms with Gasteiger partial charge < -0.3 is 0 Å². The standard InChI is InChI=1S/C9H12ClNO4S2/c1-16(12,13)7-17(14,15)11-6-8-2-4-9(10)5-3-8/h2-5,11H,6-7H2,1H3. The van der Waals surface area contributed by atoms with Crippen LogP contribution in [-0.2, 0) is 26.4 Å². The summed E-state index contributed by atoms with van der Waals surface area (Å²) in [6.07, 6.45) is 0.870. The summed E-state index contributed by atoms with van der Waals surface area (Å²) in [5.74, 6) is 0. The first kappa shape index (κ1) is 14.4. The molecule has 0 aromatic heterocycles. The summed E-state index contributed by atoms with van der Waals surface area (Å²) < 4.78 is 46.7. The molecular weight excluding hydrogens is 286 g/mol. The quantitative estimate of drug-likeness (QED) is 0.870. The Morgan fingerprint density at radius 3 is 2.12 bits per heavy atom. The number of hydrogen-bond acceptors (Lipinski definition) is 4. The van der Waals surface area contributed by atoms with Crippen LogP contribution in [0.5, 0.6) is 0 Å². The third kappa shape index (κ3) is 6.02. The fourth-order valence-corrected chi connectivity index (χ4v) is 4.22. The normalized spacial score (nSPS) is 12.6. The van der Waals surface area contributed by atoms with Gasteiger partial charge in [0.25, 0.3) is 0 Å². The number of rotatable bonds is 5. The summed E-state index contributed by atoms with van der Waals surface area (Å²) in [5, 5.41) is -0.360. The minimum Gasteiger partial charge on any atom is -0.228 e. The SMILES string of the molecule is CS(=O)(=O)CS(=O)(=O)NCc1ccc(Cl)cc1. The van der Waals surface area contributed by atoms with Crippen molar-refractivity contribution in [2.24, 2.45) is 0 Å². The number of hydrogen-bond donors (Lipinski definition) is 1. The predicted octanol–water partition coefficient (Wildman–Crippen LogP) is 0.762. The summed E-state index contributed by atoms with van der Waals surface area (Å²) in [6.45, 7) is 0.0367. The van der Waals surface area contributed by atoms with Gasteiger partial charge in [-0.2, -0.15) is 0 Å². The lowest BCUT2D eigenvalue weighted by Crippen LogP contribution is -2.29. The molecule has 0 aliphatic carbocycles. The molecule has 0 saturated heterocycles. The molecule has 1 aromatic carbocycles. The van der Waals surface area contributed by atoms with E-state index in [0.717, 1.165) is 6.26 Å². The molecule has 0 saturated carbocycles. The van der Waals surface area contributed by atoms with Crippen LogP contribution in [0, 0.1) is 0 Å². The highest BCUT2D eigenvalue weighted by Gasteiger charge is 2.17. The second-order valence-electron chi connectivity index (χ2n) is 3.61. The molecule has 5 nitrogen and oxygen atoms in total. The first-order valence-electron chi connectivity index (χ1n) is 4.57. The molecule has 0 unspecified atom stereocenters. The highest BCUT2D eigenvalue weighted by atomic mass is 35.5. The topological polar surface area (TPSA) is 80.3 Å². The fraction of sp³-hybridized carbons (Fsp3) is 0.333. The van der Waals surface area contributed by atoms with E-state index in [9.17, 15) is 16.8 Å². The molecular formula is C9H12ClNO4S2. The maximum atomic E-state index is 11.4. The molecule has 0 fully saturated rings. The van der Waals surface area contributed by atoms with Crippen molar-refractivity contribution in [1.29, 1.82) is 0 Å². The lowest BCUT2D eigenvalue weighted by molar-refractivity contribution is 0.580.